The molecule has 0 bridgehead atoms. The number of Topliss-reactive ketones (excluding diaryl/α,β-unsaturated/α-hetero) is 1. The van der Waals surface area contributed by atoms with Gasteiger partial charge in [0.1, 0.15) is 11.6 Å². The summed E-state index contributed by atoms with van der Waals surface area (Å²) in [5.74, 6) is -0.0975. The maximum absolute atomic E-state index is 12.6. The molecule has 1 aromatic carbocycles. The second-order valence-corrected chi connectivity index (χ2v) is 8.47. The van der Waals surface area contributed by atoms with Crippen LogP contribution in [-0.2, 0) is 11.8 Å². The lowest BCUT2D eigenvalue weighted by atomic mass is 9.84. The lowest BCUT2D eigenvalue weighted by Gasteiger charge is -2.44. The van der Waals surface area contributed by atoms with Crippen LogP contribution in [0.4, 0.5) is 5.69 Å². The van der Waals surface area contributed by atoms with Crippen LogP contribution in [0.3, 0.4) is 0 Å². The molecule has 0 spiro atoms. The number of allylic oxidation sites excluding steroid dienone is 3. The van der Waals surface area contributed by atoms with Gasteiger partial charge in [-0.05, 0) is 13.0 Å². The van der Waals surface area contributed by atoms with Gasteiger partial charge in [-0.2, -0.15) is 5.26 Å². The zero-order valence-electron chi connectivity index (χ0n) is 18.6. The van der Waals surface area contributed by atoms with Crippen molar-refractivity contribution in [1.29, 1.82) is 5.26 Å². The fourth-order valence-corrected chi connectivity index (χ4v) is 4.96. The molecule has 0 saturated heterocycles. The van der Waals surface area contributed by atoms with Crippen LogP contribution in [0, 0.1) is 21.4 Å². The minimum Gasteiger partial charge on any atom is -0.363 e. The second kappa shape index (κ2) is 7.68. The number of hydrogen-bond donors (Lipinski definition) is 0. The summed E-state index contributed by atoms with van der Waals surface area (Å²) < 4.78 is 1.96. The van der Waals surface area contributed by atoms with E-state index in [1.54, 1.807) is 48.2 Å². The van der Waals surface area contributed by atoms with Crippen molar-refractivity contribution in [3.05, 3.63) is 75.8 Å². The molecule has 2 unspecified atom stereocenters. The lowest BCUT2D eigenvalue weighted by Crippen LogP contribution is -2.57. The highest BCUT2D eigenvalue weighted by atomic mass is 16.6. The minimum absolute atomic E-state index is 0.0463. The number of carbonyl (C=O) groups excluding carboxylic acids is 1. The zero-order valence-corrected chi connectivity index (χ0v) is 18.6. The van der Waals surface area contributed by atoms with Gasteiger partial charge >= 0.3 is 5.66 Å². The van der Waals surface area contributed by atoms with Crippen molar-refractivity contribution >= 4 is 22.4 Å². The first-order chi connectivity index (χ1) is 15.2. The molecule has 0 amide bonds. The normalized spacial score (nSPS) is 22.1. The van der Waals surface area contributed by atoms with Crippen LogP contribution in [0.25, 0.3) is 10.9 Å². The smallest absolute Gasteiger partial charge is 0.324 e. The molecule has 8 nitrogen and oxygen atoms in total. The minimum atomic E-state index is -1.60. The molecule has 4 rings (SSSR count). The summed E-state index contributed by atoms with van der Waals surface area (Å²) in [6.07, 6.45) is 7.12. The fourth-order valence-electron chi connectivity index (χ4n) is 4.96. The summed E-state index contributed by atoms with van der Waals surface area (Å²) in [4.78, 5) is 28.0. The average molecular weight is 431 g/mol. The molecule has 32 heavy (non-hydrogen) atoms. The molecule has 0 N–H and O–H groups in total. The Bertz CT molecular complexity index is 1260. The third kappa shape index (κ3) is 2.93. The van der Waals surface area contributed by atoms with Gasteiger partial charge in [0, 0.05) is 44.9 Å². The van der Waals surface area contributed by atoms with E-state index in [2.05, 4.69) is 6.07 Å². The number of hydrogen-bond acceptors (Lipinski definition) is 6. The Labute approximate surface area is 186 Å². The van der Waals surface area contributed by atoms with Gasteiger partial charge in [0.05, 0.1) is 39.9 Å². The van der Waals surface area contributed by atoms with Crippen LogP contribution in [0.1, 0.15) is 31.4 Å². The van der Waals surface area contributed by atoms with Crippen LogP contribution in [0.15, 0.2) is 60.0 Å². The molecule has 2 heterocycles. The van der Waals surface area contributed by atoms with Gasteiger partial charge < -0.3 is 9.47 Å². The van der Waals surface area contributed by atoms with Crippen LogP contribution in [0.2, 0.25) is 0 Å². The van der Waals surface area contributed by atoms with Crippen LogP contribution >= 0.6 is 0 Å². The number of carbonyl (C=O) groups is 1. The van der Waals surface area contributed by atoms with Crippen molar-refractivity contribution in [3.8, 4) is 6.07 Å². The number of fused-ring (bicyclic) bond motifs is 3. The van der Waals surface area contributed by atoms with Gasteiger partial charge in [-0.25, -0.2) is 0 Å². The summed E-state index contributed by atoms with van der Waals surface area (Å²) in [5, 5.41) is 23.7. The molecule has 1 aliphatic heterocycles. The van der Waals surface area contributed by atoms with E-state index >= 15 is 0 Å². The highest BCUT2D eigenvalue weighted by molar-refractivity contribution is 5.99. The van der Waals surface area contributed by atoms with Crippen LogP contribution < -0.4 is 4.90 Å². The Kier molecular flexibility index (Phi) is 5.13. The standard InChI is InChI=1S/C24H25N5O3/c1-16(30)14-18-19(15-25)23(26(2)3)28(24(29(31)32)12-8-5-9-13-24)22-17-10-6-7-11-20(17)27(4)21(18)22/h5-12,18H,13-14H2,1-4H3. The third-order valence-electron chi connectivity index (χ3n) is 6.25. The van der Waals surface area contributed by atoms with Gasteiger partial charge in [0.15, 0.2) is 0 Å². The van der Waals surface area contributed by atoms with E-state index in [0.29, 0.717) is 17.1 Å². The first-order valence-corrected chi connectivity index (χ1v) is 10.4. The molecule has 1 aromatic heterocycles. The van der Waals surface area contributed by atoms with E-state index in [4.69, 9.17) is 0 Å². The molecule has 2 aliphatic rings. The summed E-state index contributed by atoms with van der Waals surface area (Å²) in [7, 11) is 5.44. The number of benzene rings is 1. The molecule has 164 valence electrons. The van der Waals surface area contributed by atoms with Crippen LogP contribution in [0.5, 0.6) is 0 Å². The Morgan fingerprint density at radius 2 is 2.06 bits per heavy atom. The van der Waals surface area contributed by atoms with Gasteiger partial charge in [0.2, 0.25) is 0 Å². The number of ketones is 1. The third-order valence-corrected chi connectivity index (χ3v) is 6.25. The fraction of sp³-hybridized carbons (Fsp3) is 0.333. The van der Waals surface area contributed by atoms with E-state index in [9.17, 15) is 20.2 Å². The van der Waals surface area contributed by atoms with Crippen molar-refractivity contribution in [2.24, 2.45) is 7.05 Å². The number of anilines is 1. The van der Waals surface area contributed by atoms with Crippen molar-refractivity contribution in [3.63, 3.8) is 0 Å². The van der Waals surface area contributed by atoms with Gasteiger partial charge in [0.25, 0.3) is 0 Å². The SMILES string of the molecule is CC(=O)CC1C(C#N)=C(N(C)C)N(C2([N+](=O)[O-])C=CC=CC2)c2c1n(C)c1ccccc21. The Morgan fingerprint density at radius 3 is 2.62 bits per heavy atom. The van der Waals surface area contributed by atoms with Crippen molar-refractivity contribution in [2.45, 2.75) is 31.3 Å². The number of nitriles is 1. The monoisotopic (exact) mass is 431 g/mol. The van der Waals surface area contributed by atoms with Crippen molar-refractivity contribution in [2.75, 3.05) is 19.0 Å². The highest BCUT2D eigenvalue weighted by Crippen LogP contribution is 2.51. The second-order valence-electron chi connectivity index (χ2n) is 8.47. The summed E-state index contributed by atoms with van der Waals surface area (Å²) in [5.41, 5.74) is 1.06. The van der Waals surface area contributed by atoms with E-state index in [1.165, 1.54) is 6.92 Å². The maximum Gasteiger partial charge on any atom is 0.324 e. The van der Waals surface area contributed by atoms with Crippen molar-refractivity contribution < 1.29 is 9.72 Å². The first kappa shape index (κ1) is 21.4. The van der Waals surface area contributed by atoms with Gasteiger partial charge in [-0.3, -0.25) is 19.8 Å². The zero-order chi connectivity index (χ0) is 23.2. The number of nitrogens with zero attached hydrogens (tertiary/aromatic N) is 5. The molecule has 0 saturated carbocycles. The van der Waals surface area contributed by atoms with Gasteiger partial charge in [-0.15, -0.1) is 0 Å². The Hall–Kier alpha value is -3.86. The average Bonchev–Trinajstić information content (AvgIpc) is 3.06. The first-order valence-electron chi connectivity index (χ1n) is 10.4. The Morgan fingerprint density at radius 1 is 1.34 bits per heavy atom. The molecule has 0 radical (unpaired) electrons. The summed E-state index contributed by atoms with van der Waals surface area (Å²) in [6, 6.07) is 9.99. The van der Waals surface area contributed by atoms with Crippen molar-refractivity contribution in [1.82, 2.24) is 9.47 Å². The molecular formula is C24H25N5O3. The number of nitro groups is 1. The predicted molar refractivity (Wildman–Crippen MR) is 122 cm³/mol. The Balaban J connectivity index is 2.18. The summed E-state index contributed by atoms with van der Waals surface area (Å²) >= 11 is 0. The quantitative estimate of drug-likeness (QED) is 0.527. The topological polar surface area (TPSA) is 95.4 Å². The largest absolute Gasteiger partial charge is 0.363 e. The predicted octanol–water partition coefficient (Wildman–Crippen LogP) is 3.85. The molecule has 2 aromatic rings. The van der Waals surface area contributed by atoms with E-state index in [-0.39, 0.29) is 23.5 Å². The molecule has 1 aliphatic carbocycles. The lowest BCUT2D eigenvalue weighted by molar-refractivity contribution is -0.553. The number of aryl methyl sites for hydroxylation is 1. The highest BCUT2D eigenvalue weighted by Gasteiger charge is 2.54. The molecule has 2 atom stereocenters. The molecule has 0 fully saturated rings. The van der Waals surface area contributed by atoms with E-state index in [1.807, 2.05) is 35.9 Å². The number of rotatable bonds is 5. The van der Waals surface area contributed by atoms with E-state index < -0.39 is 11.6 Å². The molecular weight excluding hydrogens is 406 g/mol. The number of para-hydroxylation sites is 1. The maximum atomic E-state index is 12.6. The number of aromatic nitrogens is 1. The summed E-state index contributed by atoms with van der Waals surface area (Å²) in [6.45, 7) is 1.51. The van der Waals surface area contributed by atoms with Gasteiger partial charge in [-0.1, -0.05) is 36.4 Å². The van der Waals surface area contributed by atoms with Crippen LogP contribution in [-0.4, -0.2) is 39.9 Å². The molecule has 8 heteroatoms. The van der Waals surface area contributed by atoms with E-state index in [0.717, 1.165) is 16.6 Å².